The maximum Gasteiger partial charge on any atom is 0.150 e. The number of rotatable bonds is 2. The van der Waals surface area contributed by atoms with E-state index < -0.39 is 0 Å². The van der Waals surface area contributed by atoms with E-state index in [1.54, 1.807) is 12.1 Å². The van der Waals surface area contributed by atoms with Gasteiger partial charge in [-0.15, -0.1) is 0 Å². The lowest BCUT2D eigenvalue weighted by atomic mass is 10.0. The second-order valence-electron chi connectivity index (χ2n) is 2.98. The lowest BCUT2D eigenvalue weighted by Gasteiger charge is -1.96. The lowest BCUT2D eigenvalue weighted by molar-refractivity contribution is 0.112. The highest BCUT2D eigenvalue weighted by Crippen LogP contribution is 2.20. The Kier molecular flexibility index (Phi) is 2.50. The molecular formula is C11H7BOS. The Morgan fingerprint density at radius 3 is 2.36 bits per heavy atom. The van der Waals surface area contributed by atoms with Crippen LogP contribution >= 0.6 is 11.3 Å². The zero-order valence-corrected chi connectivity index (χ0v) is 8.25. The fourth-order valence-electron chi connectivity index (χ4n) is 1.26. The van der Waals surface area contributed by atoms with Gasteiger partial charge in [-0.25, -0.2) is 0 Å². The Morgan fingerprint density at radius 2 is 1.86 bits per heavy atom. The van der Waals surface area contributed by atoms with Gasteiger partial charge in [-0.2, -0.15) is 11.3 Å². The van der Waals surface area contributed by atoms with Gasteiger partial charge in [0.1, 0.15) is 14.1 Å². The summed E-state index contributed by atoms with van der Waals surface area (Å²) in [5.41, 5.74) is 2.88. The Bertz CT molecular complexity index is 445. The van der Waals surface area contributed by atoms with Crippen molar-refractivity contribution < 1.29 is 4.79 Å². The molecular weight excluding hydrogens is 191 g/mol. The maximum atomic E-state index is 10.4. The van der Waals surface area contributed by atoms with Crippen LogP contribution in [0.3, 0.4) is 0 Å². The van der Waals surface area contributed by atoms with Gasteiger partial charge < -0.3 is 0 Å². The highest BCUT2D eigenvalue weighted by molar-refractivity contribution is 7.18. The second kappa shape index (κ2) is 3.80. The smallest absolute Gasteiger partial charge is 0.150 e. The molecule has 0 unspecified atom stereocenters. The molecule has 14 heavy (non-hydrogen) atoms. The van der Waals surface area contributed by atoms with Crippen molar-refractivity contribution in [1.82, 2.24) is 0 Å². The SMILES string of the molecule is [B]c1cc(-c2ccc(C=O)cc2)cs1. The summed E-state index contributed by atoms with van der Waals surface area (Å²) in [7, 11) is 5.63. The van der Waals surface area contributed by atoms with Crippen molar-refractivity contribution in [2.24, 2.45) is 0 Å². The zero-order valence-electron chi connectivity index (χ0n) is 7.44. The van der Waals surface area contributed by atoms with Gasteiger partial charge in [-0.1, -0.05) is 30.3 Å². The Balaban J connectivity index is 2.38. The molecule has 0 amide bonds. The van der Waals surface area contributed by atoms with E-state index in [4.69, 9.17) is 7.85 Å². The summed E-state index contributed by atoms with van der Waals surface area (Å²) < 4.78 is 0.805. The van der Waals surface area contributed by atoms with E-state index in [1.807, 2.05) is 23.6 Å². The van der Waals surface area contributed by atoms with Crippen LogP contribution in [0.1, 0.15) is 10.4 Å². The summed E-state index contributed by atoms with van der Waals surface area (Å²) in [4.78, 5) is 10.4. The van der Waals surface area contributed by atoms with Gasteiger partial charge in [0, 0.05) is 5.56 Å². The van der Waals surface area contributed by atoms with Gasteiger partial charge in [-0.05, 0) is 21.3 Å². The van der Waals surface area contributed by atoms with Gasteiger partial charge in [0.05, 0.1) is 0 Å². The molecule has 1 heterocycles. The number of hydrogen-bond donors (Lipinski definition) is 0. The van der Waals surface area contributed by atoms with Gasteiger partial charge >= 0.3 is 0 Å². The largest absolute Gasteiger partial charge is 0.298 e. The number of carbonyl (C=O) groups excluding carboxylic acids is 1. The first-order valence-corrected chi connectivity index (χ1v) is 5.07. The van der Waals surface area contributed by atoms with Crippen LogP contribution in [0.25, 0.3) is 11.1 Å². The number of hydrogen-bond acceptors (Lipinski definition) is 2. The highest BCUT2D eigenvalue weighted by Gasteiger charge is 1.99. The molecule has 1 aromatic carbocycles. The molecule has 0 fully saturated rings. The van der Waals surface area contributed by atoms with Gasteiger partial charge in [0.25, 0.3) is 0 Å². The molecule has 0 saturated heterocycles. The Hall–Kier alpha value is -1.35. The molecule has 0 aliphatic heterocycles. The minimum atomic E-state index is 0.692. The van der Waals surface area contributed by atoms with E-state index >= 15 is 0 Å². The van der Waals surface area contributed by atoms with Crippen molar-refractivity contribution in [3.05, 3.63) is 41.3 Å². The van der Waals surface area contributed by atoms with Gasteiger partial charge in [0.15, 0.2) is 0 Å². The summed E-state index contributed by atoms with van der Waals surface area (Å²) in [5, 5.41) is 2.01. The molecule has 0 spiro atoms. The molecule has 3 heteroatoms. The van der Waals surface area contributed by atoms with Crippen molar-refractivity contribution in [3.8, 4) is 11.1 Å². The van der Waals surface area contributed by atoms with Crippen molar-refractivity contribution >= 4 is 30.2 Å². The average molecular weight is 198 g/mol. The third-order valence-electron chi connectivity index (χ3n) is 2.00. The van der Waals surface area contributed by atoms with Crippen LogP contribution in [0.15, 0.2) is 35.7 Å². The minimum absolute atomic E-state index is 0.692. The quantitative estimate of drug-likeness (QED) is 0.532. The van der Waals surface area contributed by atoms with E-state index in [0.29, 0.717) is 5.56 Å². The summed E-state index contributed by atoms with van der Waals surface area (Å²) in [5.74, 6) is 0. The van der Waals surface area contributed by atoms with Crippen LogP contribution in [0.5, 0.6) is 0 Å². The van der Waals surface area contributed by atoms with Crippen LogP contribution in [0.4, 0.5) is 0 Å². The Morgan fingerprint density at radius 1 is 1.14 bits per heavy atom. The number of thiophene rings is 1. The fraction of sp³-hybridized carbons (Fsp3) is 0. The van der Waals surface area contributed by atoms with E-state index in [2.05, 4.69) is 0 Å². The number of carbonyl (C=O) groups is 1. The summed E-state index contributed by atoms with van der Waals surface area (Å²) >= 11 is 1.52. The van der Waals surface area contributed by atoms with Crippen molar-refractivity contribution in [2.45, 2.75) is 0 Å². The zero-order chi connectivity index (χ0) is 9.97. The number of benzene rings is 1. The molecule has 2 rings (SSSR count). The first-order valence-electron chi connectivity index (χ1n) is 4.19. The van der Waals surface area contributed by atoms with Crippen LogP contribution < -0.4 is 4.78 Å². The van der Waals surface area contributed by atoms with Crippen molar-refractivity contribution in [1.29, 1.82) is 0 Å². The fourth-order valence-corrected chi connectivity index (χ4v) is 1.92. The van der Waals surface area contributed by atoms with E-state index in [0.717, 1.165) is 22.2 Å². The molecule has 2 radical (unpaired) electrons. The van der Waals surface area contributed by atoms with Crippen LogP contribution in [0.2, 0.25) is 0 Å². The third kappa shape index (κ3) is 1.78. The normalized spacial score (nSPS) is 10.0. The molecule has 0 saturated carbocycles. The third-order valence-corrected chi connectivity index (χ3v) is 2.76. The molecule has 1 nitrogen and oxygen atoms in total. The minimum Gasteiger partial charge on any atom is -0.298 e. The molecule has 1 aromatic heterocycles. The van der Waals surface area contributed by atoms with Gasteiger partial charge in [0.2, 0.25) is 0 Å². The average Bonchev–Trinajstić information content (AvgIpc) is 2.65. The molecule has 0 bridgehead atoms. The predicted molar refractivity (Wildman–Crippen MR) is 60.5 cm³/mol. The standard InChI is InChI=1S/C11H7BOS/c12-11-5-10(7-14-11)9-3-1-8(6-13)2-4-9/h1-7H. The van der Waals surface area contributed by atoms with Crippen molar-refractivity contribution in [2.75, 3.05) is 0 Å². The first kappa shape index (κ1) is 9.22. The van der Waals surface area contributed by atoms with E-state index in [1.165, 1.54) is 11.3 Å². The number of aldehydes is 1. The van der Waals surface area contributed by atoms with Crippen LogP contribution in [0, 0.1) is 0 Å². The van der Waals surface area contributed by atoms with E-state index in [9.17, 15) is 4.79 Å². The Labute approximate surface area is 87.8 Å². The van der Waals surface area contributed by atoms with Crippen molar-refractivity contribution in [3.63, 3.8) is 0 Å². The molecule has 0 aliphatic carbocycles. The molecule has 0 N–H and O–H groups in total. The predicted octanol–water partition coefficient (Wildman–Crippen LogP) is 2.02. The van der Waals surface area contributed by atoms with Gasteiger partial charge in [-0.3, -0.25) is 4.79 Å². The summed E-state index contributed by atoms with van der Waals surface area (Å²) in [6, 6.07) is 9.38. The molecule has 0 aliphatic rings. The second-order valence-corrected chi connectivity index (χ2v) is 3.92. The molecule has 0 atom stereocenters. The summed E-state index contributed by atoms with van der Waals surface area (Å²) in [6.45, 7) is 0. The van der Waals surface area contributed by atoms with E-state index in [-0.39, 0.29) is 0 Å². The highest BCUT2D eigenvalue weighted by atomic mass is 32.1. The topological polar surface area (TPSA) is 17.1 Å². The molecule has 2 aromatic rings. The first-order chi connectivity index (χ1) is 6.79. The summed E-state index contributed by atoms with van der Waals surface area (Å²) in [6.07, 6.45) is 0.839. The lowest BCUT2D eigenvalue weighted by Crippen LogP contribution is -1.90. The monoisotopic (exact) mass is 198 g/mol. The van der Waals surface area contributed by atoms with Crippen LogP contribution in [-0.4, -0.2) is 14.1 Å². The maximum absolute atomic E-state index is 10.4. The van der Waals surface area contributed by atoms with Crippen LogP contribution in [-0.2, 0) is 0 Å². The molecule has 66 valence electrons.